The standard InChI is InChI=1S/C22H24N2O4S/c1-13-11-15-7-3-5-9-17(15)24(13)19(26)12-28-22(27)20-16-8-4-6-10-18(16)29-21(20)23-14(2)25/h3,5,7,9,13H,4,6,8,10-12H2,1-2H3,(H,23,25)/t13-/m0/s1. The third-order valence-corrected chi connectivity index (χ3v) is 6.67. The molecule has 0 spiro atoms. The van der Waals surface area contributed by atoms with Crippen LogP contribution < -0.4 is 10.2 Å². The van der Waals surface area contributed by atoms with Crippen LogP contribution >= 0.6 is 11.3 Å². The normalized spacial score (nSPS) is 17.4. The summed E-state index contributed by atoms with van der Waals surface area (Å²) in [6, 6.07) is 7.83. The van der Waals surface area contributed by atoms with Gasteiger partial charge in [-0.05, 0) is 56.2 Å². The van der Waals surface area contributed by atoms with Crippen LogP contribution in [0.2, 0.25) is 0 Å². The van der Waals surface area contributed by atoms with Crippen molar-refractivity contribution in [2.75, 3.05) is 16.8 Å². The van der Waals surface area contributed by atoms with E-state index in [2.05, 4.69) is 5.32 Å². The molecular formula is C22H24N2O4S. The lowest BCUT2D eigenvalue weighted by Gasteiger charge is -2.22. The Morgan fingerprint density at radius 3 is 2.76 bits per heavy atom. The molecule has 2 aromatic rings. The first-order chi connectivity index (χ1) is 14.0. The van der Waals surface area contributed by atoms with Crippen molar-refractivity contribution in [3.05, 3.63) is 45.8 Å². The Kier molecular flexibility index (Phi) is 5.41. The van der Waals surface area contributed by atoms with E-state index in [0.717, 1.165) is 53.8 Å². The van der Waals surface area contributed by atoms with Gasteiger partial charge in [0.1, 0.15) is 5.00 Å². The van der Waals surface area contributed by atoms with E-state index < -0.39 is 5.97 Å². The molecule has 152 valence electrons. The van der Waals surface area contributed by atoms with E-state index >= 15 is 0 Å². The van der Waals surface area contributed by atoms with Crippen LogP contribution in [0, 0.1) is 0 Å². The summed E-state index contributed by atoms with van der Waals surface area (Å²) in [5, 5.41) is 3.29. The number of carbonyl (C=O) groups is 3. The van der Waals surface area contributed by atoms with Crippen molar-refractivity contribution in [3.63, 3.8) is 0 Å². The molecule has 0 radical (unpaired) electrons. The summed E-state index contributed by atoms with van der Waals surface area (Å²) in [7, 11) is 0. The van der Waals surface area contributed by atoms with E-state index in [1.54, 1.807) is 4.90 Å². The van der Waals surface area contributed by atoms with Crippen molar-refractivity contribution in [2.24, 2.45) is 0 Å². The average molecular weight is 413 g/mol. The summed E-state index contributed by atoms with van der Waals surface area (Å²) in [5.74, 6) is -1.00. The van der Waals surface area contributed by atoms with Gasteiger partial charge in [-0.15, -0.1) is 11.3 Å². The van der Waals surface area contributed by atoms with Gasteiger partial charge in [-0.2, -0.15) is 0 Å². The predicted molar refractivity (Wildman–Crippen MR) is 113 cm³/mol. The molecule has 1 atom stereocenters. The van der Waals surface area contributed by atoms with Gasteiger partial charge in [0.15, 0.2) is 6.61 Å². The van der Waals surface area contributed by atoms with E-state index in [1.807, 2.05) is 31.2 Å². The number of rotatable bonds is 4. The van der Waals surface area contributed by atoms with Crippen molar-refractivity contribution in [1.29, 1.82) is 0 Å². The first kappa shape index (κ1) is 19.6. The number of carbonyl (C=O) groups excluding carboxylic acids is 3. The van der Waals surface area contributed by atoms with E-state index in [1.165, 1.54) is 18.3 Å². The molecule has 0 fully saturated rings. The second kappa shape index (κ2) is 7.99. The van der Waals surface area contributed by atoms with Gasteiger partial charge in [-0.25, -0.2) is 4.79 Å². The summed E-state index contributed by atoms with van der Waals surface area (Å²) in [6.07, 6.45) is 4.57. The van der Waals surface area contributed by atoms with E-state index in [0.29, 0.717) is 10.6 Å². The number of ether oxygens (including phenoxy) is 1. The molecule has 1 aromatic carbocycles. The molecule has 0 saturated heterocycles. The third kappa shape index (κ3) is 3.79. The maximum atomic E-state index is 12.9. The lowest BCUT2D eigenvalue weighted by molar-refractivity contribution is -0.122. The van der Waals surface area contributed by atoms with Gasteiger partial charge in [-0.1, -0.05) is 18.2 Å². The minimum absolute atomic E-state index is 0.0300. The number of para-hydroxylation sites is 1. The van der Waals surface area contributed by atoms with Crippen LogP contribution in [0.1, 0.15) is 53.1 Å². The largest absolute Gasteiger partial charge is 0.452 e. The Bertz CT molecular complexity index is 981. The Morgan fingerprint density at radius 2 is 1.97 bits per heavy atom. The van der Waals surface area contributed by atoms with Crippen molar-refractivity contribution in [2.45, 2.75) is 52.0 Å². The quantitative estimate of drug-likeness (QED) is 0.777. The van der Waals surface area contributed by atoms with Crippen LogP contribution in [-0.2, 0) is 33.6 Å². The number of nitrogens with zero attached hydrogens (tertiary/aromatic N) is 1. The first-order valence-electron chi connectivity index (χ1n) is 9.95. The highest BCUT2D eigenvalue weighted by Gasteiger charge is 2.32. The Balaban J connectivity index is 1.51. The monoisotopic (exact) mass is 412 g/mol. The first-order valence-corrected chi connectivity index (χ1v) is 10.8. The van der Waals surface area contributed by atoms with Gasteiger partial charge in [0.25, 0.3) is 5.91 Å². The fourth-order valence-corrected chi connectivity index (χ4v) is 5.57. The van der Waals surface area contributed by atoms with E-state index in [-0.39, 0.29) is 24.5 Å². The molecule has 2 amide bonds. The van der Waals surface area contributed by atoms with Gasteiger partial charge >= 0.3 is 5.97 Å². The van der Waals surface area contributed by atoms with Gasteiger partial charge in [-0.3, -0.25) is 9.59 Å². The van der Waals surface area contributed by atoms with Crippen molar-refractivity contribution in [1.82, 2.24) is 0 Å². The number of hydrogen-bond acceptors (Lipinski definition) is 5. The molecule has 29 heavy (non-hydrogen) atoms. The van der Waals surface area contributed by atoms with Crippen LogP contribution in [-0.4, -0.2) is 30.4 Å². The predicted octanol–water partition coefficient (Wildman–Crippen LogP) is 3.72. The maximum absolute atomic E-state index is 12.9. The lowest BCUT2D eigenvalue weighted by Crippen LogP contribution is -2.38. The molecule has 1 aliphatic heterocycles. The molecular weight excluding hydrogens is 388 g/mol. The fraction of sp³-hybridized carbons (Fsp3) is 0.409. The Labute approximate surface area is 173 Å². The summed E-state index contributed by atoms with van der Waals surface area (Å²) >= 11 is 1.44. The molecule has 1 N–H and O–H groups in total. The van der Waals surface area contributed by atoms with Crippen LogP contribution in [0.4, 0.5) is 10.7 Å². The summed E-state index contributed by atoms with van der Waals surface area (Å²) in [5.41, 5.74) is 3.39. The molecule has 0 saturated carbocycles. The smallest absolute Gasteiger partial charge is 0.341 e. The van der Waals surface area contributed by atoms with Gasteiger partial charge in [0.05, 0.1) is 5.56 Å². The van der Waals surface area contributed by atoms with Crippen molar-refractivity contribution in [3.8, 4) is 0 Å². The molecule has 0 unspecified atom stereocenters. The van der Waals surface area contributed by atoms with Crippen molar-refractivity contribution >= 4 is 39.8 Å². The molecule has 1 aromatic heterocycles. The Morgan fingerprint density at radius 1 is 1.21 bits per heavy atom. The average Bonchev–Trinajstić information content (AvgIpc) is 3.21. The van der Waals surface area contributed by atoms with Gasteiger partial charge < -0.3 is 15.0 Å². The van der Waals surface area contributed by atoms with E-state index in [9.17, 15) is 14.4 Å². The number of esters is 1. The fourth-order valence-electron chi connectivity index (χ4n) is 4.24. The molecule has 4 rings (SSSR count). The summed E-state index contributed by atoms with van der Waals surface area (Å²) in [6.45, 7) is 3.09. The number of benzene rings is 1. The second-order valence-corrected chi connectivity index (χ2v) is 8.72. The zero-order valence-corrected chi connectivity index (χ0v) is 17.4. The van der Waals surface area contributed by atoms with Gasteiger partial charge in [0, 0.05) is 23.5 Å². The molecule has 1 aliphatic carbocycles. The molecule has 7 heteroatoms. The topological polar surface area (TPSA) is 75.7 Å². The highest BCUT2D eigenvalue weighted by molar-refractivity contribution is 7.17. The van der Waals surface area contributed by atoms with Gasteiger partial charge in [0.2, 0.25) is 5.91 Å². The van der Waals surface area contributed by atoms with Crippen LogP contribution in [0.3, 0.4) is 0 Å². The molecule has 2 aliphatic rings. The summed E-state index contributed by atoms with van der Waals surface area (Å²) < 4.78 is 5.44. The number of aryl methyl sites for hydroxylation is 1. The number of thiophene rings is 1. The number of amides is 2. The highest BCUT2D eigenvalue weighted by Crippen LogP contribution is 2.38. The lowest BCUT2D eigenvalue weighted by atomic mass is 9.95. The Hall–Kier alpha value is -2.67. The number of nitrogens with one attached hydrogen (secondary N) is 1. The zero-order valence-electron chi connectivity index (χ0n) is 16.6. The van der Waals surface area contributed by atoms with Crippen molar-refractivity contribution < 1.29 is 19.1 Å². The van der Waals surface area contributed by atoms with Crippen LogP contribution in [0.15, 0.2) is 24.3 Å². The highest BCUT2D eigenvalue weighted by atomic mass is 32.1. The molecule has 6 nitrogen and oxygen atoms in total. The minimum atomic E-state index is -0.540. The molecule has 2 heterocycles. The SMILES string of the molecule is CC(=O)Nc1sc2c(c1C(=O)OCC(=O)N1c3ccccc3C[C@@H]1C)CCCC2. The third-order valence-electron chi connectivity index (χ3n) is 5.47. The van der Waals surface area contributed by atoms with Crippen LogP contribution in [0.5, 0.6) is 0 Å². The number of anilines is 2. The number of fused-ring (bicyclic) bond motifs is 2. The maximum Gasteiger partial charge on any atom is 0.341 e. The second-order valence-electron chi connectivity index (χ2n) is 7.62. The van der Waals surface area contributed by atoms with E-state index in [4.69, 9.17) is 4.74 Å². The number of hydrogen-bond donors (Lipinski definition) is 1. The zero-order chi connectivity index (χ0) is 20.5. The minimum Gasteiger partial charge on any atom is -0.452 e. The summed E-state index contributed by atoms with van der Waals surface area (Å²) in [4.78, 5) is 40.1. The van der Waals surface area contributed by atoms with Crippen LogP contribution in [0.25, 0.3) is 0 Å². The molecule has 0 bridgehead atoms.